The summed E-state index contributed by atoms with van der Waals surface area (Å²) in [7, 11) is 0. The molecular formula is C12H12N2S. The van der Waals surface area contributed by atoms with Gasteiger partial charge in [0.05, 0.1) is 17.3 Å². The highest BCUT2D eigenvalue weighted by molar-refractivity contribution is 7.98. The summed E-state index contributed by atoms with van der Waals surface area (Å²) in [5.41, 5.74) is 1.46. The fraction of sp³-hybridized carbons (Fsp3) is 0.250. The van der Waals surface area contributed by atoms with E-state index in [4.69, 9.17) is 11.7 Å². The van der Waals surface area contributed by atoms with Gasteiger partial charge in [0, 0.05) is 4.90 Å². The largest absolute Gasteiger partial charge is 0.371 e. The second kappa shape index (κ2) is 5.34. The number of rotatable bonds is 3. The van der Waals surface area contributed by atoms with E-state index < -0.39 is 0 Å². The molecule has 0 aromatic heterocycles. The molecule has 0 amide bonds. The maximum Gasteiger partial charge on any atom is 0.102 e. The molecule has 1 rings (SSSR count). The predicted octanol–water partition coefficient (Wildman–Crippen LogP) is 2.71. The second-order valence-electron chi connectivity index (χ2n) is 3.03. The first kappa shape index (κ1) is 11.5. The van der Waals surface area contributed by atoms with Crippen LogP contribution in [0.5, 0.6) is 0 Å². The molecule has 0 saturated carbocycles. The van der Waals surface area contributed by atoms with E-state index in [2.05, 4.69) is 17.3 Å². The third-order valence-electron chi connectivity index (χ3n) is 1.98. The van der Waals surface area contributed by atoms with Crippen molar-refractivity contribution in [1.29, 1.82) is 5.26 Å². The molecule has 0 aliphatic rings. The fourth-order valence-corrected chi connectivity index (χ4v) is 1.79. The first-order chi connectivity index (χ1) is 7.22. The average Bonchev–Trinajstić information content (AvgIpc) is 2.28. The normalized spacial score (nSPS) is 11.2. The van der Waals surface area contributed by atoms with Gasteiger partial charge in [0.15, 0.2) is 0 Å². The fourth-order valence-electron chi connectivity index (χ4n) is 1.21. The van der Waals surface area contributed by atoms with Crippen molar-refractivity contribution in [3.8, 4) is 18.4 Å². The highest BCUT2D eigenvalue weighted by Gasteiger charge is 2.08. The zero-order valence-corrected chi connectivity index (χ0v) is 9.56. The molecule has 1 N–H and O–H groups in total. The van der Waals surface area contributed by atoms with Crippen LogP contribution in [0.2, 0.25) is 0 Å². The number of nitriles is 1. The van der Waals surface area contributed by atoms with E-state index >= 15 is 0 Å². The number of hydrogen-bond acceptors (Lipinski definition) is 3. The number of hydrogen-bond donors (Lipinski definition) is 1. The molecule has 0 bridgehead atoms. The minimum absolute atomic E-state index is 0.0748. The van der Waals surface area contributed by atoms with Crippen LogP contribution < -0.4 is 5.32 Å². The SMILES string of the molecule is C#CC(C)Nc1cccc(SC)c1C#N. The molecule has 1 aromatic rings. The van der Waals surface area contributed by atoms with E-state index in [1.165, 1.54) is 0 Å². The van der Waals surface area contributed by atoms with Gasteiger partial charge in [-0.05, 0) is 25.3 Å². The van der Waals surface area contributed by atoms with Gasteiger partial charge in [-0.15, -0.1) is 18.2 Å². The molecule has 2 nitrogen and oxygen atoms in total. The van der Waals surface area contributed by atoms with E-state index in [0.717, 1.165) is 10.6 Å². The molecule has 0 aliphatic carbocycles. The van der Waals surface area contributed by atoms with Crippen molar-refractivity contribution in [1.82, 2.24) is 0 Å². The van der Waals surface area contributed by atoms with Crippen molar-refractivity contribution < 1.29 is 0 Å². The number of benzene rings is 1. The molecule has 0 radical (unpaired) electrons. The van der Waals surface area contributed by atoms with Gasteiger partial charge in [-0.3, -0.25) is 0 Å². The van der Waals surface area contributed by atoms with Gasteiger partial charge in [-0.25, -0.2) is 0 Å². The van der Waals surface area contributed by atoms with Crippen molar-refractivity contribution in [2.45, 2.75) is 17.9 Å². The van der Waals surface area contributed by atoms with Gasteiger partial charge in [0.25, 0.3) is 0 Å². The van der Waals surface area contributed by atoms with Gasteiger partial charge in [0.1, 0.15) is 6.07 Å². The Morgan fingerprint density at radius 2 is 2.27 bits per heavy atom. The molecule has 0 spiro atoms. The summed E-state index contributed by atoms with van der Waals surface area (Å²) in [6.07, 6.45) is 7.23. The Kier molecular flexibility index (Phi) is 4.09. The van der Waals surface area contributed by atoms with Crippen LogP contribution in [-0.2, 0) is 0 Å². The standard InChI is InChI=1S/C12H12N2S/c1-4-9(2)14-11-6-5-7-12(15-3)10(11)8-13/h1,5-7,9,14H,2-3H3. The van der Waals surface area contributed by atoms with Crippen molar-refractivity contribution in [3.63, 3.8) is 0 Å². The van der Waals surface area contributed by atoms with E-state index in [9.17, 15) is 0 Å². The Hall–Kier alpha value is -1.58. The van der Waals surface area contributed by atoms with Crippen LogP contribution in [-0.4, -0.2) is 12.3 Å². The van der Waals surface area contributed by atoms with Crippen molar-refractivity contribution in [2.75, 3.05) is 11.6 Å². The summed E-state index contributed by atoms with van der Waals surface area (Å²) in [6.45, 7) is 1.88. The quantitative estimate of drug-likeness (QED) is 0.623. The molecular weight excluding hydrogens is 204 g/mol. The smallest absolute Gasteiger partial charge is 0.102 e. The van der Waals surface area contributed by atoms with E-state index in [-0.39, 0.29) is 6.04 Å². The lowest BCUT2D eigenvalue weighted by molar-refractivity contribution is 1.03. The molecule has 3 heteroatoms. The Labute approximate surface area is 94.7 Å². The first-order valence-corrected chi connectivity index (χ1v) is 5.75. The summed E-state index contributed by atoms with van der Waals surface area (Å²) in [5, 5.41) is 12.2. The molecule has 15 heavy (non-hydrogen) atoms. The lowest BCUT2D eigenvalue weighted by Crippen LogP contribution is -2.13. The van der Waals surface area contributed by atoms with Crippen molar-refractivity contribution >= 4 is 17.4 Å². The lowest BCUT2D eigenvalue weighted by atomic mass is 10.2. The van der Waals surface area contributed by atoms with E-state index in [0.29, 0.717) is 5.56 Å². The topological polar surface area (TPSA) is 35.8 Å². The van der Waals surface area contributed by atoms with Crippen LogP contribution in [0.1, 0.15) is 12.5 Å². The summed E-state index contributed by atoms with van der Waals surface area (Å²) >= 11 is 1.55. The number of terminal acetylenes is 1. The summed E-state index contributed by atoms with van der Waals surface area (Å²) in [6, 6.07) is 7.83. The molecule has 1 unspecified atom stereocenters. The minimum Gasteiger partial charge on any atom is -0.371 e. The third-order valence-corrected chi connectivity index (χ3v) is 2.76. The predicted molar refractivity (Wildman–Crippen MR) is 64.9 cm³/mol. The van der Waals surface area contributed by atoms with Crippen LogP contribution in [0, 0.1) is 23.7 Å². The summed E-state index contributed by atoms with van der Waals surface area (Å²) in [4.78, 5) is 0.965. The molecule has 0 fully saturated rings. The van der Waals surface area contributed by atoms with E-state index in [1.807, 2.05) is 31.4 Å². The second-order valence-corrected chi connectivity index (χ2v) is 3.88. The number of nitrogens with one attached hydrogen (secondary N) is 1. The zero-order chi connectivity index (χ0) is 11.3. The number of anilines is 1. The third kappa shape index (κ3) is 2.68. The van der Waals surface area contributed by atoms with E-state index in [1.54, 1.807) is 11.8 Å². The number of nitrogens with zero attached hydrogens (tertiary/aromatic N) is 1. The average molecular weight is 216 g/mol. The molecule has 0 saturated heterocycles. The molecule has 0 aliphatic heterocycles. The van der Waals surface area contributed by atoms with Gasteiger partial charge in [0.2, 0.25) is 0 Å². The Morgan fingerprint density at radius 3 is 2.80 bits per heavy atom. The zero-order valence-electron chi connectivity index (χ0n) is 8.74. The molecule has 1 aromatic carbocycles. The maximum atomic E-state index is 9.06. The monoisotopic (exact) mass is 216 g/mol. The van der Waals surface area contributed by atoms with Crippen molar-refractivity contribution in [2.24, 2.45) is 0 Å². The minimum atomic E-state index is -0.0748. The molecule has 0 heterocycles. The summed E-state index contributed by atoms with van der Waals surface area (Å²) in [5.74, 6) is 2.57. The van der Waals surface area contributed by atoms with Crippen LogP contribution in [0.4, 0.5) is 5.69 Å². The van der Waals surface area contributed by atoms with Gasteiger partial charge in [-0.2, -0.15) is 5.26 Å². The molecule has 76 valence electrons. The van der Waals surface area contributed by atoms with Gasteiger partial charge in [-0.1, -0.05) is 12.0 Å². The molecule has 1 atom stereocenters. The van der Waals surface area contributed by atoms with Gasteiger partial charge < -0.3 is 5.32 Å². The number of thioether (sulfide) groups is 1. The Bertz CT molecular complexity index is 426. The van der Waals surface area contributed by atoms with Crippen LogP contribution in [0.15, 0.2) is 23.1 Å². The van der Waals surface area contributed by atoms with Crippen molar-refractivity contribution in [3.05, 3.63) is 23.8 Å². The lowest BCUT2D eigenvalue weighted by Gasteiger charge is -2.12. The highest BCUT2D eigenvalue weighted by atomic mass is 32.2. The Balaban J connectivity index is 3.09. The van der Waals surface area contributed by atoms with Crippen LogP contribution in [0.3, 0.4) is 0 Å². The van der Waals surface area contributed by atoms with Crippen LogP contribution >= 0.6 is 11.8 Å². The highest BCUT2D eigenvalue weighted by Crippen LogP contribution is 2.26. The maximum absolute atomic E-state index is 9.06. The van der Waals surface area contributed by atoms with Gasteiger partial charge >= 0.3 is 0 Å². The Morgan fingerprint density at radius 1 is 1.53 bits per heavy atom. The first-order valence-electron chi connectivity index (χ1n) is 4.52. The summed E-state index contributed by atoms with van der Waals surface area (Å²) < 4.78 is 0. The van der Waals surface area contributed by atoms with Crippen LogP contribution in [0.25, 0.3) is 0 Å².